The number of aromatic nitrogens is 2. The molecule has 0 aliphatic heterocycles. The first-order chi connectivity index (χ1) is 12.2. The van der Waals surface area contributed by atoms with E-state index in [2.05, 4.69) is 10.4 Å². The van der Waals surface area contributed by atoms with Crippen molar-refractivity contribution in [2.45, 2.75) is 27.2 Å². The second-order valence-electron chi connectivity index (χ2n) is 5.59. The molecule has 2 heterocycles. The van der Waals surface area contributed by atoms with Crippen LogP contribution in [0.2, 0.25) is 5.02 Å². The molecule has 0 atom stereocenters. The molecule has 26 heavy (non-hydrogen) atoms. The van der Waals surface area contributed by atoms with Crippen LogP contribution in [0, 0.1) is 13.8 Å². The Bertz CT molecular complexity index is 887. The highest BCUT2D eigenvalue weighted by Gasteiger charge is 2.27. The number of aryl methyl sites for hydroxylation is 2. The Balaban J connectivity index is 2.44. The fourth-order valence-corrected chi connectivity index (χ4v) is 3.68. The third-order valence-electron chi connectivity index (χ3n) is 3.60. The number of primary amides is 1. The summed E-state index contributed by atoms with van der Waals surface area (Å²) in [4.78, 5) is 36.8. The second kappa shape index (κ2) is 7.88. The van der Waals surface area contributed by atoms with E-state index in [0.717, 1.165) is 11.3 Å². The standard InChI is InChI=1S/C16H19ClN4O4S/c1-5-6-25-16(24)9-7(2)12(13(18)22)26-15(9)19-14(23)11-10(17)8(3)20-21(11)4/h5-6H2,1-4H3,(H2,18,22)(H,19,23). The fraction of sp³-hybridized carbons (Fsp3) is 0.375. The van der Waals surface area contributed by atoms with Crippen molar-refractivity contribution >= 4 is 45.7 Å². The molecule has 8 nitrogen and oxygen atoms in total. The quantitative estimate of drug-likeness (QED) is 0.725. The Hall–Kier alpha value is -2.39. The molecule has 0 bridgehead atoms. The van der Waals surface area contributed by atoms with E-state index in [1.807, 2.05) is 6.92 Å². The smallest absolute Gasteiger partial charge is 0.341 e. The molecule has 0 aliphatic rings. The number of amides is 2. The Morgan fingerprint density at radius 2 is 2.00 bits per heavy atom. The van der Waals surface area contributed by atoms with Gasteiger partial charge in [0.25, 0.3) is 11.8 Å². The van der Waals surface area contributed by atoms with Crippen molar-refractivity contribution in [3.05, 3.63) is 32.4 Å². The normalized spacial score (nSPS) is 10.7. The van der Waals surface area contributed by atoms with Crippen LogP contribution in [-0.4, -0.2) is 34.2 Å². The molecular formula is C16H19ClN4O4S. The largest absolute Gasteiger partial charge is 0.462 e. The Morgan fingerprint density at radius 3 is 2.50 bits per heavy atom. The summed E-state index contributed by atoms with van der Waals surface area (Å²) in [6.45, 7) is 5.33. The fourth-order valence-electron chi connectivity index (χ4n) is 2.39. The molecule has 10 heteroatoms. The molecule has 0 fully saturated rings. The molecule has 2 rings (SSSR count). The lowest BCUT2D eigenvalue weighted by molar-refractivity contribution is 0.0506. The molecule has 0 saturated heterocycles. The van der Waals surface area contributed by atoms with Gasteiger partial charge in [-0.05, 0) is 25.8 Å². The number of esters is 1. The number of halogens is 1. The Morgan fingerprint density at radius 1 is 1.35 bits per heavy atom. The maximum atomic E-state index is 12.6. The minimum Gasteiger partial charge on any atom is -0.462 e. The second-order valence-corrected chi connectivity index (χ2v) is 6.98. The van der Waals surface area contributed by atoms with Gasteiger partial charge < -0.3 is 15.8 Å². The van der Waals surface area contributed by atoms with Gasteiger partial charge in [0.05, 0.1) is 27.8 Å². The maximum absolute atomic E-state index is 12.6. The average molecular weight is 399 g/mol. The van der Waals surface area contributed by atoms with E-state index in [1.54, 1.807) is 20.9 Å². The number of carbonyl (C=O) groups is 3. The molecule has 140 valence electrons. The third kappa shape index (κ3) is 3.73. The Kier molecular flexibility index (Phi) is 6.04. The van der Waals surface area contributed by atoms with Gasteiger partial charge in [0.1, 0.15) is 10.7 Å². The van der Waals surface area contributed by atoms with Crippen molar-refractivity contribution in [1.82, 2.24) is 9.78 Å². The number of rotatable bonds is 6. The molecule has 0 spiro atoms. The van der Waals surface area contributed by atoms with E-state index >= 15 is 0 Å². The zero-order valence-corrected chi connectivity index (χ0v) is 16.4. The number of nitrogens with one attached hydrogen (secondary N) is 1. The van der Waals surface area contributed by atoms with Crippen LogP contribution in [0.3, 0.4) is 0 Å². The molecular weight excluding hydrogens is 380 g/mol. The zero-order chi connectivity index (χ0) is 19.6. The zero-order valence-electron chi connectivity index (χ0n) is 14.8. The Labute approximate surface area is 159 Å². The molecule has 0 aliphatic carbocycles. The van der Waals surface area contributed by atoms with Gasteiger partial charge in [-0.25, -0.2) is 4.79 Å². The summed E-state index contributed by atoms with van der Waals surface area (Å²) in [6.07, 6.45) is 0.642. The molecule has 2 aromatic rings. The number of nitrogens with two attached hydrogens (primary N) is 1. The van der Waals surface area contributed by atoms with Gasteiger partial charge in [-0.1, -0.05) is 18.5 Å². The SMILES string of the molecule is CCCOC(=O)c1c(NC(=O)c2c(Cl)c(C)nn2C)sc(C(N)=O)c1C. The molecule has 0 radical (unpaired) electrons. The van der Waals surface area contributed by atoms with Crippen molar-refractivity contribution in [1.29, 1.82) is 0 Å². The monoisotopic (exact) mass is 398 g/mol. The lowest BCUT2D eigenvalue weighted by atomic mass is 10.1. The summed E-state index contributed by atoms with van der Waals surface area (Å²) in [5.74, 6) is -1.87. The minimum absolute atomic E-state index is 0.112. The summed E-state index contributed by atoms with van der Waals surface area (Å²) >= 11 is 7.04. The van der Waals surface area contributed by atoms with E-state index < -0.39 is 17.8 Å². The van der Waals surface area contributed by atoms with E-state index in [0.29, 0.717) is 17.7 Å². The van der Waals surface area contributed by atoms with E-state index in [4.69, 9.17) is 22.1 Å². The summed E-state index contributed by atoms with van der Waals surface area (Å²) in [5.41, 5.74) is 6.48. The highest BCUT2D eigenvalue weighted by atomic mass is 35.5. The number of carbonyl (C=O) groups excluding carboxylic acids is 3. The predicted molar refractivity (Wildman–Crippen MR) is 99.1 cm³/mol. The number of hydrogen-bond donors (Lipinski definition) is 2. The van der Waals surface area contributed by atoms with Gasteiger partial charge in [0, 0.05) is 7.05 Å². The molecule has 0 unspecified atom stereocenters. The first-order valence-electron chi connectivity index (χ1n) is 7.79. The van der Waals surface area contributed by atoms with Crippen LogP contribution in [0.4, 0.5) is 5.00 Å². The minimum atomic E-state index is -0.688. The maximum Gasteiger partial charge on any atom is 0.341 e. The molecule has 2 amide bonds. The van der Waals surface area contributed by atoms with Gasteiger partial charge in [-0.15, -0.1) is 11.3 Å². The first-order valence-corrected chi connectivity index (χ1v) is 8.99. The molecule has 3 N–H and O–H groups in total. The van der Waals surface area contributed by atoms with Crippen molar-refractivity contribution in [3.63, 3.8) is 0 Å². The van der Waals surface area contributed by atoms with Gasteiger partial charge in [-0.3, -0.25) is 14.3 Å². The highest BCUT2D eigenvalue weighted by molar-refractivity contribution is 7.18. The predicted octanol–water partition coefficient (Wildman–Crippen LogP) is 2.67. The van der Waals surface area contributed by atoms with Gasteiger partial charge in [0.2, 0.25) is 0 Å². The molecule has 2 aromatic heterocycles. The van der Waals surface area contributed by atoms with E-state index in [-0.39, 0.29) is 32.8 Å². The number of hydrogen-bond acceptors (Lipinski definition) is 6. The van der Waals surface area contributed by atoms with Crippen molar-refractivity contribution in [2.24, 2.45) is 12.8 Å². The van der Waals surface area contributed by atoms with Crippen LogP contribution in [0.1, 0.15) is 55.1 Å². The number of thiophene rings is 1. The van der Waals surface area contributed by atoms with E-state index in [1.165, 1.54) is 4.68 Å². The molecule has 0 aromatic carbocycles. The summed E-state index contributed by atoms with van der Waals surface area (Å²) in [6, 6.07) is 0. The van der Waals surface area contributed by atoms with Crippen LogP contribution < -0.4 is 11.1 Å². The van der Waals surface area contributed by atoms with Crippen molar-refractivity contribution in [2.75, 3.05) is 11.9 Å². The topological polar surface area (TPSA) is 116 Å². The van der Waals surface area contributed by atoms with Crippen LogP contribution in [0.25, 0.3) is 0 Å². The number of ether oxygens (including phenoxy) is 1. The van der Waals surface area contributed by atoms with Crippen molar-refractivity contribution < 1.29 is 19.1 Å². The summed E-state index contributed by atoms with van der Waals surface area (Å²) < 4.78 is 6.50. The summed E-state index contributed by atoms with van der Waals surface area (Å²) in [7, 11) is 1.58. The van der Waals surface area contributed by atoms with Gasteiger partial charge >= 0.3 is 5.97 Å². The van der Waals surface area contributed by atoms with Crippen LogP contribution >= 0.6 is 22.9 Å². The summed E-state index contributed by atoms with van der Waals surface area (Å²) in [5, 5.41) is 7.09. The average Bonchev–Trinajstić information content (AvgIpc) is 3.01. The lowest BCUT2D eigenvalue weighted by Gasteiger charge is -2.08. The van der Waals surface area contributed by atoms with Crippen LogP contribution in [0.15, 0.2) is 0 Å². The lowest BCUT2D eigenvalue weighted by Crippen LogP contribution is -2.18. The van der Waals surface area contributed by atoms with Gasteiger partial charge in [-0.2, -0.15) is 5.10 Å². The highest BCUT2D eigenvalue weighted by Crippen LogP contribution is 2.34. The molecule has 0 saturated carbocycles. The van der Waals surface area contributed by atoms with Gasteiger partial charge in [0.15, 0.2) is 0 Å². The van der Waals surface area contributed by atoms with Crippen LogP contribution in [-0.2, 0) is 11.8 Å². The number of nitrogens with zero attached hydrogens (tertiary/aromatic N) is 2. The first kappa shape index (κ1) is 19.9. The number of anilines is 1. The third-order valence-corrected chi connectivity index (χ3v) is 5.28. The van der Waals surface area contributed by atoms with E-state index in [9.17, 15) is 14.4 Å². The van der Waals surface area contributed by atoms with Crippen LogP contribution in [0.5, 0.6) is 0 Å². The van der Waals surface area contributed by atoms with Crippen molar-refractivity contribution in [3.8, 4) is 0 Å².